The van der Waals surface area contributed by atoms with Crippen LogP contribution in [0, 0.1) is 0 Å². The number of nitrogens with one attached hydrogen (secondary N) is 1. The second-order valence-corrected chi connectivity index (χ2v) is 2.23. The lowest BCUT2D eigenvalue weighted by molar-refractivity contribution is 1.09. The minimum absolute atomic E-state index is 0.141. The number of aromatic amines is 1. The van der Waals surface area contributed by atoms with Gasteiger partial charge >= 0.3 is 0 Å². The molecule has 0 saturated carbocycles. The van der Waals surface area contributed by atoms with Gasteiger partial charge in [-0.1, -0.05) is 32.6 Å². The lowest BCUT2D eigenvalue weighted by atomic mass is 10.2. The van der Waals surface area contributed by atoms with Gasteiger partial charge in [0.2, 0.25) is 0 Å². The Labute approximate surface area is 84.2 Å². The average molecular weight is 192 g/mol. The Balaban J connectivity index is 0.000000791. The molecule has 0 atom stereocenters. The van der Waals surface area contributed by atoms with Crippen molar-refractivity contribution in [3.63, 3.8) is 0 Å². The van der Waals surface area contributed by atoms with Crippen LogP contribution in [-0.2, 0) is 0 Å². The number of allylic oxidation sites excluding steroid dienone is 1. The van der Waals surface area contributed by atoms with Gasteiger partial charge in [-0.3, -0.25) is 4.79 Å². The summed E-state index contributed by atoms with van der Waals surface area (Å²) in [6.45, 7) is 9.41. The summed E-state index contributed by atoms with van der Waals surface area (Å²) < 4.78 is 0. The third kappa shape index (κ3) is 3.01. The third-order valence-electron chi connectivity index (χ3n) is 1.45. The fourth-order valence-corrected chi connectivity index (χ4v) is 0.914. The Morgan fingerprint density at radius 3 is 2.64 bits per heavy atom. The van der Waals surface area contributed by atoms with Gasteiger partial charge in [-0.2, -0.15) is 0 Å². The van der Waals surface area contributed by atoms with E-state index in [4.69, 9.17) is 0 Å². The fourth-order valence-electron chi connectivity index (χ4n) is 0.914. The maximum absolute atomic E-state index is 11.2. The van der Waals surface area contributed by atoms with Crippen LogP contribution >= 0.6 is 0 Å². The van der Waals surface area contributed by atoms with Crippen LogP contribution in [-0.4, -0.2) is 9.97 Å². The zero-order chi connectivity index (χ0) is 11.0. The van der Waals surface area contributed by atoms with Crippen molar-refractivity contribution in [1.29, 1.82) is 0 Å². The summed E-state index contributed by atoms with van der Waals surface area (Å²) in [6.07, 6.45) is 6.43. The minimum atomic E-state index is -0.141. The van der Waals surface area contributed by atoms with Crippen LogP contribution < -0.4 is 5.56 Å². The summed E-state index contributed by atoms with van der Waals surface area (Å²) in [6, 6.07) is 0. The fraction of sp³-hybridized carbons (Fsp3) is 0.273. The van der Waals surface area contributed by atoms with E-state index >= 15 is 0 Å². The molecule has 0 spiro atoms. The number of aromatic nitrogens is 2. The van der Waals surface area contributed by atoms with Gasteiger partial charge in [0.25, 0.3) is 5.56 Å². The van der Waals surface area contributed by atoms with Crippen molar-refractivity contribution in [2.45, 2.75) is 20.8 Å². The second kappa shape index (κ2) is 6.83. The normalized spacial score (nSPS) is 9.36. The molecule has 3 heteroatoms. The average Bonchev–Trinajstić information content (AvgIpc) is 2.24. The Bertz CT molecular complexity index is 364. The molecule has 0 saturated heterocycles. The first kappa shape index (κ1) is 12.4. The molecular weight excluding hydrogens is 176 g/mol. The third-order valence-corrected chi connectivity index (χ3v) is 1.45. The lowest BCUT2D eigenvalue weighted by Crippen LogP contribution is -2.11. The molecule has 1 rings (SSSR count). The molecule has 14 heavy (non-hydrogen) atoms. The maximum Gasteiger partial charge on any atom is 0.258 e. The van der Waals surface area contributed by atoms with Crippen LogP contribution in [0.4, 0.5) is 0 Å². The molecule has 1 heterocycles. The van der Waals surface area contributed by atoms with E-state index in [0.717, 1.165) is 0 Å². The SMILES string of the molecule is C=Cc1nc[nH]c(=O)c1/C=C\C.CC. The number of hydrogen-bond acceptors (Lipinski definition) is 2. The summed E-state index contributed by atoms with van der Waals surface area (Å²) in [5.74, 6) is 0. The van der Waals surface area contributed by atoms with E-state index in [1.54, 1.807) is 18.2 Å². The zero-order valence-corrected chi connectivity index (χ0v) is 8.87. The number of rotatable bonds is 2. The Kier molecular flexibility index (Phi) is 6.03. The molecule has 0 unspecified atom stereocenters. The molecule has 1 aromatic rings. The first-order valence-corrected chi connectivity index (χ1v) is 4.62. The van der Waals surface area contributed by atoms with Crippen molar-refractivity contribution in [3.8, 4) is 0 Å². The van der Waals surface area contributed by atoms with Crippen LogP contribution in [0.15, 0.2) is 23.8 Å². The molecule has 0 aliphatic rings. The molecule has 1 N–H and O–H groups in total. The first-order valence-electron chi connectivity index (χ1n) is 4.62. The van der Waals surface area contributed by atoms with Crippen molar-refractivity contribution in [2.24, 2.45) is 0 Å². The van der Waals surface area contributed by atoms with Gasteiger partial charge in [0.15, 0.2) is 0 Å². The topological polar surface area (TPSA) is 45.8 Å². The second-order valence-electron chi connectivity index (χ2n) is 2.23. The first-order chi connectivity index (χ1) is 6.79. The van der Waals surface area contributed by atoms with Crippen molar-refractivity contribution in [3.05, 3.63) is 40.6 Å². The molecule has 3 nitrogen and oxygen atoms in total. The van der Waals surface area contributed by atoms with E-state index in [-0.39, 0.29) is 5.56 Å². The van der Waals surface area contributed by atoms with Gasteiger partial charge in [-0.25, -0.2) is 4.98 Å². The lowest BCUT2D eigenvalue weighted by Gasteiger charge is -1.95. The van der Waals surface area contributed by atoms with E-state index in [1.165, 1.54) is 6.33 Å². The van der Waals surface area contributed by atoms with Crippen LogP contribution in [0.5, 0.6) is 0 Å². The Morgan fingerprint density at radius 2 is 2.14 bits per heavy atom. The Morgan fingerprint density at radius 1 is 1.50 bits per heavy atom. The Hall–Kier alpha value is -1.64. The minimum Gasteiger partial charge on any atom is -0.313 e. The molecule has 0 aliphatic carbocycles. The molecular formula is C11H16N2O. The predicted octanol–water partition coefficient (Wildman–Crippen LogP) is 2.47. The summed E-state index contributed by atoms with van der Waals surface area (Å²) >= 11 is 0. The highest BCUT2D eigenvalue weighted by atomic mass is 16.1. The molecule has 0 bridgehead atoms. The highest BCUT2D eigenvalue weighted by molar-refractivity contribution is 5.59. The molecule has 0 amide bonds. The summed E-state index contributed by atoms with van der Waals surface area (Å²) in [7, 11) is 0. The highest BCUT2D eigenvalue weighted by Gasteiger charge is 1.99. The van der Waals surface area contributed by atoms with E-state index in [9.17, 15) is 4.79 Å². The summed E-state index contributed by atoms with van der Waals surface area (Å²) in [5.41, 5.74) is 1.02. The van der Waals surface area contributed by atoms with Gasteiger partial charge in [0.05, 0.1) is 17.6 Å². The molecule has 0 aliphatic heterocycles. The summed E-state index contributed by atoms with van der Waals surface area (Å²) in [5, 5.41) is 0. The van der Waals surface area contributed by atoms with Gasteiger partial charge < -0.3 is 4.98 Å². The van der Waals surface area contributed by atoms with Crippen molar-refractivity contribution in [1.82, 2.24) is 9.97 Å². The monoisotopic (exact) mass is 192 g/mol. The number of H-pyrrole nitrogens is 1. The van der Waals surface area contributed by atoms with E-state index in [1.807, 2.05) is 20.8 Å². The van der Waals surface area contributed by atoms with E-state index < -0.39 is 0 Å². The van der Waals surface area contributed by atoms with Crippen molar-refractivity contribution in [2.75, 3.05) is 0 Å². The predicted molar refractivity (Wildman–Crippen MR) is 61.0 cm³/mol. The van der Waals surface area contributed by atoms with Crippen LogP contribution in [0.1, 0.15) is 32.0 Å². The van der Waals surface area contributed by atoms with Gasteiger partial charge in [-0.15, -0.1) is 0 Å². The zero-order valence-electron chi connectivity index (χ0n) is 8.87. The van der Waals surface area contributed by atoms with Gasteiger partial charge in [0, 0.05) is 0 Å². The molecule has 0 aromatic carbocycles. The standard InChI is InChI=1S/C9H10N2O.C2H6/c1-3-5-7-8(4-2)10-6-11-9(7)12;1-2/h3-6H,2H2,1H3,(H,10,11,12);1-2H3/b5-3-;. The van der Waals surface area contributed by atoms with Crippen molar-refractivity contribution < 1.29 is 0 Å². The number of hydrogen-bond donors (Lipinski definition) is 1. The van der Waals surface area contributed by atoms with Crippen LogP contribution in [0.2, 0.25) is 0 Å². The molecule has 0 radical (unpaired) electrons. The van der Waals surface area contributed by atoms with Crippen LogP contribution in [0.25, 0.3) is 12.2 Å². The largest absolute Gasteiger partial charge is 0.313 e. The summed E-state index contributed by atoms with van der Waals surface area (Å²) in [4.78, 5) is 17.6. The van der Waals surface area contributed by atoms with E-state index in [0.29, 0.717) is 11.3 Å². The molecule has 1 aromatic heterocycles. The smallest absolute Gasteiger partial charge is 0.258 e. The van der Waals surface area contributed by atoms with Crippen molar-refractivity contribution >= 4 is 12.2 Å². The quantitative estimate of drug-likeness (QED) is 0.782. The number of nitrogens with zero attached hydrogens (tertiary/aromatic N) is 1. The maximum atomic E-state index is 11.2. The van der Waals surface area contributed by atoms with Crippen LogP contribution in [0.3, 0.4) is 0 Å². The molecule has 76 valence electrons. The highest BCUT2D eigenvalue weighted by Crippen LogP contribution is 2.01. The van der Waals surface area contributed by atoms with E-state index in [2.05, 4.69) is 16.5 Å². The van der Waals surface area contributed by atoms with Gasteiger partial charge in [0.1, 0.15) is 0 Å². The van der Waals surface area contributed by atoms with Gasteiger partial charge in [-0.05, 0) is 13.0 Å². The molecule has 0 fully saturated rings.